The lowest BCUT2D eigenvalue weighted by atomic mass is 10.1. The number of amides is 3. The Bertz CT molecular complexity index is 809. The Morgan fingerprint density at radius 1 is 1.15 bits per heavy atom. The molecule has 2 aromatic rings. The molecule has 8 heteroatoms. The van der Waals surface area contributed by atoms with Crippen LogP contribution in [-0.2, 0) is 29.2 Å². The molecule has 144 valence electrons. The fraction of sp³-hybridized carbons (Fsp3) is 0.263. The Kier molecular flexibility index (Phi) is 7.13. The van der Waals surface area contributed by atoms with Gasteiger partial charge in [0.2, 0.25) is 5.91 Å². The maximum absolute atomic E-state index is 14.6. The van der Waals surface area contributed by atoms with Gasteiger partial charge >= 0.3 is 6.03 Å². The standard InChI is InChI=1S/C19H23FN4O3/c1-3-16-17(9-6-14(18(16)20)11-27-24-12(2)25)23-19(26)22-10-13-4-7-15(21)8-5-13/h4-9H,3,10-11,21H2,1-2H3,(H,24,25)(H2,22,23,26). The summed E-state index contributed by atoms with van der Waals surface area (Å²) in [5, 5.41) is 5.37. The number of carbonyl (C=O) groups excluding carboxylic acids is 2. The molecule has 2 aromatic carbocycles. The smallest absolute Gasteiger partial charge is 0.319 e. The van der Waals surface area contributed by atoms with Gasteiger partial charge in [0.25, 0.3) is 0 Å². The fourth-order valence-corrected chi connectivity index (χ4v) is 2.44. The summed E-state index contributed by atoms with van der Waals surface area (Å²) in [5.41, 5.74) is 10.3. The molecule has 2 rings (SSSR count). The van der Waals surface area contributed by atoms with E-state index in [-0.39, 0.29) is 18.1 Å². The Morgan fingerprint density at radius 3 is 2.48 bits per heavy atom. The van der Waals surface area contributed by atoms with Crippen LogP contribution in [0, 0.1) is 5.82 Å². The Balaban J connectivity index is 2.00. The third-order valence-corrected chi connectivity index (χ3v) is 3.80. The summed E-state index contributed by atoms with van der Waals surface area (Å²) >= 11 is 0. The molecule has 0 saturated heterocycles. The average molecular weight is 374 g/mol. The van der Waals surface area contributed by atoms with Crippen molar-refractivity contribution in [3.05, 3.63) is 58.9 Å². The monoisotopic (exact) mass is 374 g/mol. The van der Waals surface area contributed by atoms with Gasteiger partial charge in [0.05, 0.1) is 0 Å². The minimum atomic E-state index is -0.473. The van der Waals surface area contributed by atoms with E-state index >= 15 is 0 Å². The maximum Gasteiger partial charge on any atom is 0.319 e. The molecule has 0 saturated carbocycles. The summed E-state index contributed by atoms with van der Waals surface area (Å²) in [6, 6.07) is 9.81. The molecule has 0 aliphatic heterocycles. The Hall–Kier alpha value is -3.13. The molecule has 0 aliphatic carbocycles. The van der Waals surface area contributed by atoms with Crippen LogP contribution in [0.5, 0.6) is 0 Å². The maximum atomic E-state index is 14.6. The van der Waals surface area contributed by atoms with Crippen molar-refractivity contribution in [3.8, 4) is 0 Å². The molecule has 0 aromatic heterocycles. The first kappa shape index (κ1) is 20.2. The van der Waals surface area contributed by atoms with Crippen LogP contribution in [0.15, 0.2) is 36.4 Å². The lowest BCUT2D eigenvalue weighted by molar-refractivity contribution is -0.132. The largest absolute Gasteiger partial charge is 0.399 e. The number of halogens is 1. The second kappa shape index (κ2) is 9.54. The normalized spacial score (nSPS) is 10.3. The molecule has 0 heterocycles. The average Bonchev–Trinajstić information content (AvgIpc) is 2.63. The summed E-state index contributed by atoms with van der Waals surface area (Å²) in [6.07, 6.45) is 0.382. The van der Waals surface area contributed by atoms with Crippen LogP contribution in [0.3, 0.4) is 0 Å². The van der Waals surface area contributed by atoms with Gasteiger partial charge in [0, 0.05) is 36.0 Å². The molecular formula is C19H23FN4O3. The summed E-state index contributed by atoms with van der Waals surface area (Å²) < 4.78 is 14.6. The highest BCUT2D eigenvalue weighted by Gasteiger charge is 2.14. The SMILES string of the molecule is CCc1c(NC(=O)NCc2ccc(N)cc2)ccc(CONC(C)=O)c1F. The third-order valence-electron chi connectivity index (χ3n) is 3.80. The van der Waals surface area contributed by atoms with Crippen molar-refractivity contribution in [2.24, 2.45) is 0 Å². The van der Waals surface area contributed by atoms with Crippen molar-refractivity contribution in [2.45, 2.75) is 33.4 Å². The van der Waals surface area contributed by atoms with Gasteiger partial charge in [-0.3, -0.25) is 9.63 Å². The van der Waals surface area contributed by atoms with E-state index in [1.807, 2.05) is 12.1 Å². The van der Waals surface area contributed by atoms with Crippen molar-refractivity contribution < 1.29 is 18.8 Å². The van der Waals surface area contributed by atoms with Crippen molar-refractivity contribution in [2.75, 3.05) is 11.1 Å². The van der Waals surface area contributed by atoms with Gasteiger partial charge in [0.15, 0.2) is 0 Å². The second-order valence-corrected chi connectivity index (χ2v) is 5.91. The number of rotatable bonds is 7. The van der Waals surface area contributed by atoms with Crippen molar-refractivity contribution in [1.29, 1.82) is 0 Å². The summed E-state index contributed by atoms with van der Waals surface area (Å²) in [5.74, 6) is -0.846. The lowest BCUT2D eigenvalue weighted by Gasteiger charge is -2.14. The van der Waals surface area contributed by atoms with E-state index in [1.54, 1.807) is 25.1 Å². The van der Waals surface area contributed by atoms with E-state index in [0.717, 1.165) is 5.56 Å². The van der Waals surface area contributed by atoms with Crippen LogP contribution < -0.4 is 21.8 Å². The highest BCUT2D eigenvalue weighted by atomic mass is 19.1. The number of benzene rings is 2. The zero-order chi connectivity index (χ0) is 19.8. The number of urea groups is 1. The molecule has 0 atom stereocenters. The van der Waals surface area contributed by atoms with E-state index in [4.69, 9.17) is 10.6 Å². The number of carbonyl (C=O) groups is 2. The van der Waals surface area contributed by atoms with Crippen LogP contribution >= 0.6 is 0 Å². The first-order valence-electron chi connectivity index (χ1n) is 8.48. The molecule has 0 bridgehead atoms. The van der Waals surface area contributed by atoms with Crippen molar-refractivity contribution in [1.82, 2.24) is 10.8 Å². The molecule has 5 N–H and O–H groups in total. The van der Waals surface area contributed by atoms with Crippen molar-refractivity contribution >= 4 is 23.3 Å². The molecule has 3 amide bonds. The van der Waals surface area contributed by atoms with Gasteiger partial charge in [-0.05, 0) is 30.2 Å². The zero-order valence-electron chi connectivity index (χ0n) is 15.3. The zero-order valence-corrected chi connectivity index (χ0v) is 15.3. The second-order valence-electron chi connectivity index (χ2n) is 5.91. The van der Waals surface area contributed by atoms with Gasteiger partial charge in [-0.1, -0.05) is 25.1 Å². The lowest BCUT2D eigenvalue weighted by Crippen LogP contribution is -2.28. The minimum Gasteiger partial charge on any atom is -0.399 e. The van der Waals surface area contributed by atoms with E-state index < -0.39 is 11.8 Å². The highest BCUT2D eigenvalue weighted by molar-refractivity contribution is 5.90. The van der Waals surface area contributed by atoms with Crippen LogP contribution in [0.4, 0.5) is 20.6 Å². The topological polar surface area (TPSA) is 105 Å². The molecular weight excluding hydrogens is 351 g/mol. The third kappa shape index (κ3) is 5.96. The molecule has 0 fully saturated rings. The Morgan fingerprint density at radius 2 is 1.85 bits per heavy atom. The van der Waals surface area contributed by atoms with Crippen LogP contribution in [0.25, 0.3) is 0 Å². The molecule has 0 radical (unpaired) electrons. The Labute approximate surface area is 157 Å². The van der Waals surface area contributed by atoms with Gasteiger partial charge in [-0.15, -0.1) is 0 Å². The van der Waals surface area contributed by atoms with Gasteiger partial charge < -0.3 is 16.4 Å². The number of hydrogen-bond acceptors (Lipinski definition) is 4. The van der Waals surface area contributed by atoms with Gasteiger partial charge in [-0.25, -0.2) is 14.7 Å². The minimum absolute atomic E-state index is 0.109. The first-order chi connectivity index (χ1) is 12.9. The number of nitrogen functional groups attached to an aromatic ring is 1. The molecule has 7 nitrogen and oxygen atoms in total. The van der Waals surface area contributed by atoms with Gasteiger partial charge in [-0.2, -0.15) is 0 Å². The van der Waals surface area contributed by atoms with E-state index in [2.05, 4.69) is 16.1 Å². The van der Waals surface area contributed by atoms with E-state index in [0.29, 0.717) is 29.9 Å². The number of nitrogens with two attached hydrogens (primary N) is 1. The van der Waals surface area contributed by atoms with Crippen LogP contribution in [0.1, 0.15) is 30.5 Å². The van der Waals surface area contributed by atoms with Crippen LogP contribution in [0.2, 0.25) is 0 Å². The van der Waals surface area contributed by atoms with E-state index in [1.165, 1.54) is 13.0 Å². The fourth-order valence-electron chi connectivity index (χ4n) is 2.44. The van der Waals surface area contributed by atoms with E-state index in [9.17, 15) is 14.0 Å². The number of anilines is 2. The predicted octanol–water partition coefficient (Wildman–Crippen LogP) is 2.86. The predicted molar refractivity (Wildman–Crippen MR) is 101 cm³/mol. The number of nitrogens with one attached hydrogen (secondary N) is 3. The summed E-state index contributed by atoms with van der Waals surface area (Å²) in [7, 11) is 0. The number of hydrogen-bond donors (Lipinski definition) is 4. The highest BCUT2D eigenvalue weighted by Crippen LogP contribution is 2.23. The molecule has 0 aliphatic rings. The van der Waals surface area contributed by atoms with Crippen molar-refractivity contribution in [3.63, 3.8) is 0 Å². The first-order valence-corrected chi connectivity index (χ1v) is 8.48. The van der Waals surface area contributed by atoms with Gasteiger partial charge in [0.1, 0.15) is 12.4 Å². The number of hydroxylamine groups is 1. The van der Waals surface area contributed by atoms with Crippen LogP contribution in [-0.4, -0.2) is 11.9 Å². The quantitative estimate of drug-likeness (QED) is 0.442. The summed E-state index contributed by atoms with van der Waals surface area (Å²) in [6.45, 7) is 3.29. The molecule has 0 spiro atoms. The molecule has 0 unspecified atom stereocenters. The molecule has 27 heavy (non-hydrogen) atoms. The summed E-state index contributed by atoms with van der Waals surface area (Å²) in [4.78, 5) is 27.9.